The van der Waals surface area contributed by atoms with Gasteiger partial charge in [-0.3, -0.25) is 0 Å². The van der Waals surface area contributed by atoms with Gasteiger partial charge in [0.1, 0.15) is 0 Å². The van der Waals surface area contributed by atoms with E-state index in [2.05, 4.69) is 4.72 Å². The number of nitrogens with two attached hydrogens (primary N) is 1. The molecule has 6 heteroatoms. The summed E-state index contributed by atoms with van der Waals surface area (Å²) in [6.07, 6.45) is 6.25. The molecule has 0 heterocycles. The second kappa shape index (κ2) is 6.84. The van der Waals surface area contributed by atoms with Crippen molar-refractivity contribution in [2.45, 2.75) is 57.9 Å². The van der Waals surface area contributed by atoms with Crippen molar-refractivity contribution in [1.29, 1.82) is 0 Å². The van der Waals surface area contributed by atoms with Gasteiger partial charge in [-0.1, -0.05) is 39.5 Å². The Balaban J connectivity index is 3.01. The summed E-state index contributed by atoms with van der Waals surface area (Å²) in [5.41, 5.74) is 5.56. The molecule has 0 aromatic carbocycles. The van der Waals surface area contributed by atoms with E-state index in [9.17, 15) is 8.42 Å². The molecule has 0 radical (unpaired) electrons. The van der Waals surface area contributed by atoms with Gasteiger partial charge < -0.3 is 5.73 Å². The monoisotopic (exact) mass is 277 g/mol. The quantitative estimate of drug-likeness (QED) is 0.717. The molecule has 0 unspecified atom stereocenters. The molecular weight excluding hydrogens is 250 g/mol. The largest absolute Gasteiger partial charge is 0.329 e. The molecule has 18 heavy (non-hydrogen) atoms. The maximum Gasteiger partial charge on any atom is 0.279 e. The van der Waals surface area contributed by atoms with Crippen LogP contribution in [0.5, 0.6) is 0 Å². The average molecular weight is 277 g/mol. The predicted molar refractivity (Wildman–Crippen MR) is 74.5 cm³/mol. The van der Waals surface area contributed by atoms with Crippen LogP contribution < -0.4 is 10.5 Å². The highest BCUT2D eigenvalue weighted by Gasteiger charge is 2.41. The molecule has 0 spiro atoms. The average Bonchev–Trinajstić information content (AvgIpc) is 2.56. The third-order valence-electron chi connectivity index (χ3n) is 3.85. The highest BCUT2D eigenvalue weighted by atomic mass is 32.2. The first kappa shape index (κ1) is 15.9. The molecular formula is C12H27N3O2S. The zero-order valence-electron chi connectivity index (χ0n) is 11.6. The fourth-order valence-electron chi connectivity index (χ4n) is 2.96. The van der Waals surface area contributed by atoms with Crippen LogP contribution in [0.3, 0.4) is 0 Å². The summed E-state index contributed by atoms with van der Waals surface area (Å²) >= 11 is 0. The first-order valence-corrected chi connectivity index (χ1v) is 8.44. The summed E-state index contributed by atoms with van der Waals surface area (Å²) in [6, 6.07) is 0. The van der Waals surface area contributed by atoms with Gasteiger partial charge >= 0.3 is 0 Å². The Hall–Kier alpha value is -0.170. The van der Waals surface area contributed by atoms with Crippen LogP contribution in [0, 0.1) is 0 Å². The molecule has 1 aliphatic rings. The second-order valence-corrected chi connectivity index (χ2v) is 6.69. The van der Waals surface area contributed by atoms with Crippen molar-refractivity contribution in [2.75, 3.05) is 19.6 Å². The fraction of sp³-hybridized carbons (Fsp3) is 1.00. The maximum atomic E-state index is 12.3. The molecule has 0 bridgehead atoms. The molecule has 108 valence electrons. The Kier molecular flexibility index (Phi) is 6.04. The van der Waals surface area contributed by atoms with Crippen molar-refractivity contribution in [3.05, 3.63) is 0 Å². The van der Waals surface area contributed by atoms with Gasteiger partial charge in [-0.25, -0.2) is 4.72 Å². The van der Waals surface area contributed by atoms with Crippen molar-refractivity contribution in [3.63, 3.8) is 0 Å². The molecule has 0 aliphatic heterocycles. The van der Waals surface area contributed by atoms with Crippen molar-refractivity contribution < 1.29 is 8.42 Å². The normalized spacial score (nSPS) is 20.9. The van der Waals surface area contributed by atoms with Gasteiger partial charge in [0.25, 0.3) is 10.2 Å². The third-order valence-corrected chi connectivity index (χ3v) is 5.73. The molecule has 3 N–H and O–H groups in total. The summed E-state index contributed by atoms with van der Waals surface area (Å²) in [7, 11) is -3.41. The number of nitrogens with one attached hydrogen (secondary N) is 1. The molecule has 0 saturated heterocycles. The molecule has 0 aromatic rings. The number of rotatable bonds is 6. The molecule has 1 rings (SSSR count). The summed E-state index contributed by atoms with van der Waals surface area (Å²) in [5.74, 6) is 0. The molecule has 0 aromatic heterocycles. The van der Waals surface area contributed by atoms with Gasteiger partial charge in [0.05, 0.1) is 0 Å². The predicted octanol–water partition coefficient (Wildman–Crippen LogP) is 1.21. The van der Waals surface area contributed by atoms with Gasteiger partial charge in [-0.2, -0.15) is 12.7 Å². The Morgan fingerprint density at radius 1 is 1.17 bits per heavy atom. The van der Waals surface area contributed by atoms with E-state index in [1.807, 2.05) is 6.92 Å². The van der Waals surface area contributed by atoms with Crippen molar-refractivity contribution in [3.8, 4) is 0 Å². The lowest BCUT2D eigenvalue weighted by Gasteiger charge is -2.41. The second-order valence-electron chi connectivity index (χ2n) is 5.01. The summed E-state index contributed by atoms with van der Waals surface area (Å²) in [6.45, 7) is 4.99. The fourth-order valence-corrected chi connectivity index (χ4v) is 4.59. The smallest absolute Gasteiger partial charge is 0.279 e. The van der Waals surface area contributed by atoms with E-state index in [-0.39, 0.29) is 5.54 Å². The van der Waals surface area contributed by atoms with E-state index in [0.29, 0.717) is 19.6 Å². The van der Waals surface area contributed by atoms with E-state index < -0.39 is 10.2 Å². The van der Waals surface area contributed by atoms with Crippen molar-refractivity contribution >= 4 is 10.2 Å². The lowest BCUT2D eigenvalue weighted by atomic mass is 9.90. The standard InChI is InChI=1S/C12H27N3O2S/c1-3-14-18(16,17)15(4-2)12(11-13)9-7-5-6-8-10-12/h14H,3-11,13H2,1-2H3. The van der Waals surface area contributed by atoms with Gasteiger partial charge in [0.15, 0.2) is 0 Å². The van der Waals surface area contributed by atoms with E-state index in [1.54, 1.807) is 11.2 Å². The molecule has 1 aliphatic carbocycles. The lowest BCUT2D eigenvalue weighted by Crippen LogP contribution is -2.58. The van der Waals surface area contributed by atoms with Crippen LogP contribution in [0.1, 0.15) is 52.4 Å². The van der Waals surface area contributed by atoms with Crippen molar-refractivity contribution in [1.82, 2.24) is 9.03 Å². The number of nitrogens with zero attached hydrogens (tertiary/aromatic N) is 1. The minimum absolute atomic E-state index is 0.383. The number of likely N-dealkylation sites (N-methyl/N-ethyl adjacent to an activating group) is 1. The van der Waals surface area contributed by atoms with E-state index in [1.165, 1.54) is 12.8 Å². The molecule has 5 nitrogen and oxygen atoms in total. The Morgan fingerprint density at radius 3 is 2.11 bits per heavy atom. The highest BCUT2D eigenvalue weighted by Crippen LogP contribution is 2.33. The van der Waals surface area contributed by atoms with E-state index >= 15 is 0 Å². The van der Waals surface area contributed by atoms with Gasteiger partial charge in [0.2, 0.25) is 0 Å². The first-order chi connectivity index (χ1) is 8.52. The number of hydrogen-bond acceptors (Lipinski definition) is 3. The molecule has 0 amide bonds. The van der Waals surface area contributed by atoms with E-state index in [0.717, 1.165) is 25.7 Å². The van der Waals surface area contributed by atoms with Gasteiger partial charge in [-0.05, 0) is 12.8 Å². The molecule has 1 saturated carbocycles. The van der Waals surface area contributed by atoms with Crippen LogP contribution in [0.15, 0.2) is 0 Å². The topological polar surface area (TPSA) is 75.4 Å². The summed E-state index contributed by atoms with van der Waals surface area (Å²) in [4.78, 5) is 0. The zero-order chi connectivity index (χ0) is 13.6. The first-order valence-electron chi connectivity index (χ1n) is 7.00. The van der Waals surface area contributed by atoms with Gasteiger partial charge in [-0.15, -0.1) is 0 Å². The van der Waals surface area contributed by atoms with Crippen LogP contribution >= 0.6 is 0 Å². The van der Waals surface area contributed by atoms with E-state index in [4.69, 9.17) is 5.73 Å². The number of hydrogen-bond donors (Lipinski definition) is 2. The molecule has 1 fully saturated rings. The Labute approximate surface area is 111 Å². The van der Waals surface area contributed by atoms with Crippen LogP contribution in [0.4, 0.5) is 0 Å². The highest BCUT2D eigenvalue weighted by molar-refractivity contribution is 7.87. The van der Waals surface area contributed by atoms with Crippen LogP contribution in [0.25, 0.3) is 0 Å². The van der Waals surface area contributed by atoms with Gasteiger partial charge in [0, 0.05) is 25.2 Å². The Bertz CT molecular complexity index is 335. The summed E-state index contributed by atoms with van der Waals surface area (Å²) in [5, 5.41) is 0. The van der Waals surface area contributed by atoms with Crippen LogP contribution in [-0.4, -0.2) is 37.9 Å². The maximum absolute atomic E-state index is 12.3. The van der Waals surface area contributed by atoms with Crippen LogP contribution in [0.2, 0.25) is 0 Å². The van der Waals surface area contributed by atoms with Crippen molar-refractivity contribution in [2.24, 2.45) is 5.73 Å². The Morgan fingerprint density at radius 2 is 1.72 bits per heavy atom. The third kappa shape index (κ3) is 3.44. The minimum Gasteiger partial charge on any atom is -0.329 e. The summed E-state index contributed by atoms with van der Waals surface area (Å²) < 4.78 is 28.8. The SMILES string of the molecule is CCNS(=O)(=O)N(CC)C1(CN)CCCCCC1. The minimum atomic E-state index is -3.41. The van der Waals surface area contributed by atoms with Crippen LogP contribution in [-0.2, 0) is 10.2 Å². The molecule has 0 atom stereocenters. The lowest BCUT2D eigenvalue weighted by molar-refractivity contribution is 0.172. The zero-order valence-corrected chi connectivity index (χ0v) is 12.4.